The number of carboxylic acid groups (broad SMARTS) is 6. The van der Waals surface area contributed by atoms with Crippen LogP contribution in [0.2, 0.25) is 0 Å². The van der Waals surface area contributed by atoms with Crippen molar-refractivity contribution >= 4 is 101 Å². The van der Waals surface area contributed by atoms with Crippen molar-refractivity contribution in [3.8, 4) is 67.5 Å². The normalized spacial score (nSPS) is 9.76. The fraction of sp³-hybridized carbons (Fsp3) is 0.111. The summed E-state index contributed by atoms with van der Waals surface area (Å²) in [5.74, 6) is -7.11. The van der Waals surface area contributed by atoms with Crippen LogP contribution in [-0.4, -0.2) is 136 Å². The van der Waals surface area contributed by atoms with Crippen LogP contribution in [0.1, 0.15) is 104 Å². The number of aromatic nitrogens is 6. The average Bonchev–Trinajstić information content (AvgIpc) is 0.822. The van der Waals surface area contributed by atoms with Gasteiger partial charge in [0.05, 0.1) is 103 Å². The Labute approximate surface area is 842 Å². The molecular weight excluding hydrogens is 1950 g/mol. The Morgan fingerprint density at radius 1 is 0.187 bits per heavy atom. The van der Waals surface area contributed by atoms with Crippen molar-refractivity contribution in [2.45, 2.75) is 41.5 Å². The second kappa shape index (κ2) is 60.5. The number of benzene rings is 12. The minimum absolute atomic E-state index is 0. The summed E-state index contributed by atoms with van der Waals surface area (Å²) in [5.41, 5.74) is 14.1. The molecule has 24 nitrogen and oxygen atoms in total. The van der Waals surface area contributed by atoms with Gasteiger partial charge in [-0.05, 0) is 114 Å². The Bertz CT molecular complexity index is 5680. The Balaban J connectivity index is 0.000000273. The number of aliphatic hydroxyl groups excluding tert-OH is 6. The van der Waals surface area contributed by atoms with Crippen molar-refractivity contribution in [1.29, 1.82) is 0 Å². The van der Waals surface area contributed by atoms with Gasteiger partial charge in [-0.25, -0.2) is 29.9 Å². The molecule has 0 aliphatic carbocycles. The van der Waals surface area contributed by atoms with Crippen LogP contribution in [0.25, 0.3) is 133 Å². The second-order valence-corrected chi connectivity index (χ2v) is 27.3. The number of aliphatic hydroxyl groups is 6. The van der Waals surface area contributed by atoms with Crippen molar-refractivity contribution in [2.24, 2.45) is 0 Å². The van der Waals surface area contributed by atoms with Crippen molar-refractivity contribution < 1.29 is 173 Å². The van der Waals surface area contributed by atoms with Gasteiger partial charge >= 0.3 is 82.6 Å². The minimum Gasteiger partial charge on any atom is -0.545 e. The van der Waals surface area contributed by atoms with E-state index in [4.69, 9.17) is 30.6 Å². The number of aromatic carboxylic acids is 6. The summed E-state index contributed by atoms with van der Waals surface area (Å²) in [6, 6.07) is 109. The maximum atomic E-state index is 11.3. The molecule has 0 bridgehead atoms. The molecule has 6 N–H and O–H groups in total. The van der Waals surface area contributed by atoms with E-state index in [0.717, 1.165) is 33.4 Å². The monoisotopic (exact) mass is 2050 g/mol. The predicted molar refractivity (Wildman–Crippen MR) is 506 cm³/mol. The molecule has 0 aliphatic rings. The van der Waals surface area contributed by atoms with E-state index in [1.165, 1.54) is 0 Å². The van der Waals surface area contributed by atoms with Crippen LogP contribution in [-0.2, 0) is 0 Å². The molecular formula is C108H96N6O18Pr2. The summed E-state index contributed by atoms with van der Waals surface area (Å²) in [7, 11) is 0. The fourth-order valence-corrected chi connectivity index (χ4v) is 12.6. The van der Waals surface area contributed by atoms with Crippen LogP contribution < -0.4 is 30.6 Å². The summed E-state index contributed by atoms with van der Waals surface area (Å²) in [4.78, 5) is 94.5. The van der Waals surface area contributed by atoms with Gasteiger partial charge in [0.15, 0.2) is 0 Å². The van der Waals surface area contributed by atoms with Gasteiger partial charge < -0.3 is 90.0 Å². The number of carbonyl (C=O) groups excluding carboxylic acids is 6. The first kappa shape index (κ1) is 111. The van der Waals surface area contributed by atoms with Gasteiger partial charge in [-0.1, -0.05) is 291 Å². The smallest absolute Gasteiger partial charge is 0.545 e. The zero-order valence-corrected chi connectivity index (χ0v) is 81.7. The maximum absolute atomic E-state index is 11.3. The molecule has 6 heterocycles. The zero-order chi connectivity index (χ0) is 95.7. The Hall–Kier alpha value is -13.6. The van der Waals surface area contributed by atoms with Crippen LogP contribution >= 0.6 is 0 Å². The molecule has 0 amide bonds. The van der Waals surface area contributed by atoms with Crippen molar-refractivity contribution in [3.05, 3.63) is 397 Å². The van der Waals surface area contributed by atoms with Crippen LogP contribution in [0.4, 0.5) is 0 Å². The van der Waals surface area contributed by atoms with E-state index >= 15 is 0 Å². The number of carboxylic acids is 6. The number of fused-ring (bicyclic) bond motifs is 6. The molecule has 0 atom stereocenters. The predicted octanol–water partition coefficient (Wildman–Crippen LogP) is 13.6. The Morgan fingerprint density at radius 2 is 0.284 bits per heavy atom. The topological polar surface area (TPSA) is 439 Å². The third-order valence-electron chi connectivity index (χ3n) is 18.0. The number of carbonyl (C=O) groups is 6. The molecule has 0 unspecified atom stereocenters. The molecule has 0 fully saturated rings. The molecule has 0 radical (unpaired) electrons. The molecule has 12 aromatic carbocycles. The number of pyridine rings is 6. The molecule has 26 heteroatoms. The molecule has 134 heavy (non-hydrogen) atoms. The third kappa shape index (κ3) is 33.6. The van der Waals surface area contributed by atoms with E-state index in [2.05, 4.69) is 29.9 Å². The van der Waals surface area contributed by atoms with Crippen molar-refractivity contribution in [3.63, 3.8) is 0 Å². The average molecular weight is 2050 g/mol. The fourth-order valence-electron chi connectivity index (χ4n) is 12.6. The molecule has 0 saturated heterocycles. The standard InChI is InChI=1S/6C16H11NO2.6C2H6O.2Pr/c6*18-16(19)13-10-15(11-6-2-1-3-7-11)17-14-9-5-4-8-12(13)14;6*1-2-3;;/h6*1-10H,(H,18,19);6*3H,2H2,1H3;;/q;;;;;;;;;;;;2*+3/p-6. The van der Waals surface area contributed by atoms with Gasteiger partial charge in [-0.3, -0.25) is 0 Å². The maximum Gasteiger partial charge on any atom is 3.00 e. The largest absolute Gasteiger partial charge is 3.00 e. The van der Waals surface area contributed by atoms with Gasteiger partial charge in [-0.2, -0.15) is 0 Å². The summed E-state index contributed by atoms with van der Waals surface area (Å²) in [6.07, 6.45) is 0. The van der Waals surface area contributed by atoms with Gasteiger partial charge in [0.2, 0.25) is 0 Å². The first-order valence-corrected chi connectivity index (χ1v) is 41.7. The van der Waals surface area contributed by atoms with E-state index in [1.54, 1.807) is 187 Å². The summed E-state index contributed by atoms with van der Waals surface area (Å²) in [5, 5.41) is 117. The summed E-state index contributed by atoms with van der Waals surface area (Å²) >= 11 is 0. The molecule has 18 rings (SSSR count). The first-order chi connectivity index (χ1) is 64.0. The van der Waals surface area contributed by atoms with E-state index in [-0.39, 0.29) is 156 Å². The van der Waals surface area contributed by atoms with Crippen molar-refractivity contribution in [2.75, 3.05) is 39.6 Å². The quantitative estimate of drug-likeness (QED) is 0.0661. The van der Waals surface area contributed by atoms with E-state index < -0.39 is 35.8 Å². The van der Waals surface area contributed by atoms with Gasteiger partial charge in [-0.15, -0.1) is 0 Å². The second-order valence-electron chi connectivity index (χ2n) is 27.3. The number of para-hydroxylation sites is 6. The Kier molecular flexibility index (Phi) is 50.0. The molecule has 0 saturated carbocycles. The van der Waals surface area contributed by atoms with E-state index in [0.29, 0.717) is 99.6 Å². The van der Waals surface area contributed by atoms with Gasteiger partial charge in [0.1, 0.15) is 0 Å². The molecule has 0 aliphatic heterocycles. The van der Waals surface area contributed by atoms with Crippen LogP contribution in [0.15, 0.2) is 364 Å². The van der Waals surface area contributed by atoms with Gasteiger partial charge in [0, 0.05) is 139 Å². The van der Waals surface area contributed by atoms with Gasteiger partial charge in [0.25, 0.3) is 0 Å². The molecule has 18 aromatic rings. The van der Waals surface area contributed by atoms with Crippen LogP contribution in [0.5, 0.6) is 0 Å². The number of hydrogen-bond donors (Lipinski definition) is 6. The summed E-state index contributed by atoms with van der Waals surface area (Å²) in [6.45, 7) is 11.6. The van der Waals surface area contributed by atoms with E-state index in [9.17, 15) is 59.4 Å². The first-order valence-electron chi connectivity index (χ1n) is 41.7. The number of rotatable bonds is 12. The minimum atomic E-state index is -1.18. The molecule has 6 aromatic heterocycles. The Morgan fingerprint density at radius 3 is 0.388 bits per heavy atom. The molecule has 672 valence electrons. The number of nitrogens with zero attached hydrogens (tertiary/aromatic N) is 6. The molecule has 0 spiro atoms. The SMILES string of the molecule is CCO.CCO.CCO.CCO.CCO.CCO.O=C([O-])c1cc(-c2ccccc2)nc2ccccc12.O=C([O-])c1cc(-c2ccccc2)nc2ccccc12.O=C([O-])c1cc(-c2ccccc2)nc2ccccc12.O=C([O-])c1cc(-c2ccccc2)nc2ccccc12.O=C([O-])c1cc(-c2ccccc2)nc2ccccc12.O=C([O-])c1cc(-c2ccccc2)nc2ccccc12.[Pr+3].[Pr+3]. The van der Waals surface area contributed by atoms with E-state index in [1.807, 2.05) is 218 Å². The zero-order valence-electron chi connectivity index (χ0n) is 74.3. The summed E-state index contributed by atoms with van der Waals surface area (Å²) < 4.78 is 0. The third-order valence-corrected chi connectivity index (χ3v) is 18.0. The van der Waals surface area contributed by atoms with Crippen molar-refractivity contribution in [1.82, 2.24) is 29.9 Å². The van der Waals surface area contributed by atoms with Crippen LogP contribution in [0, 0.1) is 82.6 Å². The van der Waals surface area contributed by atoms with Crippen LogP contribution in [0.3, 0.4) is 0 Å². The number of hydrogen-bond acceptors (Lipinski definition) is 24.